The zero-order valence-corrected chi connectivity index (χ0v) is 12.1. The Kier molecular flexibility index (Phi) is 4.38. The number of rotatable bonds is 4. The van der Waals surface area contributed by atoms with Gasteiger partial charge in [0.05, 0.1) is 7.11 Å². The molecule has 0 saturated heterocycles. The van der Waals surface area contributed by atoms with Gasteiger partial charge in [-0.15, -0.1) is 5.10 Å². The lowest BCUT2D eigenvalue weighted by Crippen LogP contribution is -2.30. The molecule has 0 unspecified atom stereocenters. The SMILES string of the molecule is COC(=O)CN(C)c1ccn2nc(NC(=O)C(F)(F)F)nc2c1. The van der Waals surface area contributed by atoms with Crippen molar-refractivity contribution in [3.63, 3.8) is 0 Å². The number of alkyl halides is 3. The van der Waals surface area contributed by atoms with Crippen LogP contribution < -0.4 is 10.2 Å². The van der Waals surface area contributed by atoms with Crippen LogP contribution >= 0.6 is 0 Å². The number of amides is 1. The number of nitrogens with one attached hydrogen (secondary N) is 1. The molecule has 0 atom stereocenters. The minimum atomic E-state index is -5.02. The van der Waals surface area contributed by atoms with Crippen molar-refractivity contribution < 1.29 is 27.5 Å². The van der Waals surface area contributed by atoms with Crippen LogP contribution in [0.5, 0.6) is 0 Å². The number of nitrogens with zero attached hydrogens (tertiary/aromatic N) is 4. The molecule has 2 aromatic heterocycles. The van der Waals surface area contributed by atoms with E-state index in [1.54, 1.807) is 23.3 Å². The van der Waals surface area contributed by atoms with Crippen LogP contribution in [0.25, 0.3) is 5.65 Å². The van der Waals surface area contributed by atoms with Gasteiger partial charge in [-0.3, -0.25) is 14.9 Å². The summed E-state index contributed by atoms with van der Waals surface area (Å²) in [5.74, 6) is -3.08. The number of pyridine rings is 1. The first kappa shape index (κ1) is 16.5. The van der Waals surface area contributed by atoms with E-state index in [0.29, 0.717) is 5.69 Å². The topological polar surface area (TPSA) is 88.8 Å². The molecule has 0 radical (unpaired) electrons. The van der Waals surface area contributed by atoms with Gasteiger partial charge in [-0.25, -0.2) is 4.52 Å². The number of aromatic nitrogens is 3. The number of likely N-dealkylation sites (N-methyl/N-ethyl adjacent to an activating group) is 1. The Morgan fingerprint density at radius 3 is 2.74 bits per heavy atom. The van der Waals surface area contributed by atoms with Crippen molar-refractivity contribution in [2.75, 3.05) is 30.9 Å². The summed E-state index contributed by atoms with van der Waals surface area (Å²) in [4.78, 5) is 27.4. The number of methoxy groups -OCH3 is 1. The van der Waals surface area contributed by atoms with E-state index in [9.17, 15) is 22.8 Å². The van der Waals surface area contributed by atoms with Gasteiger partial charge in [0.25, 0.3) is 0 Å². The summed E-state index contributed by atoms with van der Waals surface area (Å²) in [5, 5.41) is 5.27. The third-order valence-corrected chi connectivity index (χ3v) is 2.84. The molecule has 11 heteroatoms. The molecule has 2 rings (SSSR count). The molecule has 0 aliphatic rings. The van der Waals surface area contributed by atoms with Crippen molar-refractivity contribution in [3.8, 4) is 0 Å². The highest BCUT2D eigenvalue weighted by atomic mass is 19.4. The Morgan fingerprint density at radius 1 is 1.43 bits per heavy atom. The van der Waals surface area contributed by atoms with Gasteiger partial charge in [-0.2, -0.15) is 18.2 Å². The van der Waals surface area contributed by atoms with Gasteiger partial charge in [0, 0.05) is 25.0 Å². The molecule has 0 bridgehead atoms. The fourth-order valence-electron chi connectivity index (χ4n) is 1.68. The third-order valence-electron chi connectivity index (χ3n) is 2.84. The summed E-state index contributed by atoms with van der Waals surface area (Å²) in [6.45, 7) is -0.0154. The van der Waals surface area contributed by atoms with E-state index in [2.05, 4.69) is 14.8 Å². The van der Waals surface area contributed by atoms with Crippen LogP contribution in [0.3, 0.4) is 0 Å². The summed E-state index contributed by atoms with van der Waals surface area (Å²) in [6, 6.07) is 3.08. The van der Waals surface area contributed by atoms with E-state index >= 15 is 0 Å². The number of halogens is 3. The lowest BCUT2D eigenvalue weighted by Gasteiger charge is -2.17. The molecule has 8 nitrogen and oxygen atoms in total. The number of anilines is 2. The average molecular weight is 331 g/mol. The zero-order valence-electron chi connectivity index (χ0n) is 12.1. The van der Waals surface area contributed by atoms with E-state index in [-0.39, 0.29) is 12.2 Å². The quantitative estimate of drug-likeness (QED) is 0.835. The lowest BCUT2D eigenvalue weighted by atomic mass is 10.3. The normalized spacial score (nSPS) is 11.3. The average Bonchev–Trinajstić information content (AvgIpc) is 2.87. The van der Waals surface area contributed by atoms with E-state index in [1.807, 2.05) is 0 Å². The number of hydrogen-bond donors (Lipinski definition) is 1. The van der Waals surface area contributed by atoms with Crippen LogP contribution in [0.4, 0.5) is 24.8 Å². The first-order valence-corrected chi connectivity index (χ1v) is 6.23. The Balaban J connectivity index is 2.21. The predicted octanol–water partition coefficient (Wildman–Crippen LogP) is 0.839. The van der Waals surface area contributed by atoms with Crippen molar-refractivity contribution >= 4 is 29.2 Å². The van der Waals surface area contributed by atoms with Gasteiger partial charge in [-0.1, -0.05) is 0 Å². The molecule has 0 spiro atoms. The van der Waals surface area contributed by atoms with Crippen molar-refractivity contribution in [2.24, 2.45) is 0 Å². The largest absolute Gasteiger partial charge is 0.471 e. The Bertz CT molecular complexity index is 743. The number of esters is 1. The zero-order chi connectivity index (χ0) is 17.2. The molecule has 0 fully saturated rings. The molecule has 0 aliphatic heterocycles. The maximum Gasteiger partial charge on any atom is 0.471 e. The fourth-order valence-corrected chi connectivity index (χ4v) is 1.68. The summed E-state index contributed by atoms with van der Waals surface area (Å²) < 4.78 is 42.3. The van der Waals surface area contributed by atoms with Crippen molar-refractivity contribution in [1.29, 1.82) is 0 Å². The number of carbonyl (C=O) groups is 2. The fraction of sp³-hybridized carbons (Fsp3) is 0.333. The summed E-state index contributed by atoms with van der Waals surface area (Å²) >= 11 is 0. The van der Waals surface area contributed by atoms with E-state index in [0.717, 1.165) is 0 Å². The molecule has 0 saturated carbocycles. The number of ether oxygens (including phenoxy) is 1. The second-order valence-electron chi connectivity index (χ2n) is 4.51. The van der Waals surface area contributed by atoms with Gasteiger partial charge < -0.3 is 9.64 Å². The third kappa shape index (κ3) is 3.87. The maximum atomic E-state index is 12.2. The molecule has 2 heterocycles. The second kappa shape index (κ2) is 6.10. The highest BCUT2D eigenvalue weighted by molar-refractivity contribution is 5.93. The highest BCUT2D eigenvalue weighted by Crippen LogP contribution is 2.19. The Morgan fingerprint density at radius 2 is 2.13 bits per heavy atom. The van der Waals surface area contributed by atoms with E-state index < -0.39 is 24.0 Å². The van der Waals surface area contributed by atoms with Gasteiger partial charge in [0.2, 0.25) is 5.95 Å². The van der Waals surface area contributed by atoms with Gasteiger partial charge in [-0.05, 0) is 6.07 Å². The number of carbonyl (C=O) groups excluding carboxylic acids is 2. The number of fused-ring (bicyclic) bond motifs is 1. The Labute approximate surface area is 127 Å². The van der Waals surface area contributed by atoms with E-state index in [4.69, 9.17) is 0 Å². The maximum absolute atomic E-state index is 12.2. The highest BCUT2D eigenvalue weighted by Gasteiger charge is 2.39. The molecular weight excluding hydrogens is 319 g/mol. The lowest BCUT2D eigenvalue weighted by molar-refractivity contribution is -0.167. The van der Waals surface area contributed by atoms with Crippen molar-refractivity contribution in [1.82, 2.24) is 14.6 Å². The van der Waals surface area contributed by atoms with Crippen LogP contribution in [-0.4, -0.2) is 53.4 Å². The first-order chi connectivity index (χ1) is 10.7. The Hall–Kier alpha value is -2.85. The van der Waals surface area contributed by atoms with E-state index in [1.165, 1.54) is 23.9 Å². The predicted molar refractivity (Wildman–Crippen MR) is 73.0 cm³/mol. The molecule has 0 aliphatic carbocycles. The van der Waals surface area contributed by atoms with Crippen LogP contribution in [0, 0.1) is 0 Å². The van der Waals surface area contributed by atoms with Crippen LogP contribution in [0.1, 0.15) is 0 Å². The van der Waals surface area contributed by atoms with Crippen LogP contribution in [0.15, 0.2) is 18.3 Å². The van der Waals surface area contributed by atoms with Crippen LogP contribution in [-0.2, 0) is 14.3 Å². The van der Waals surface area contributed by atoms with Gasteiger partial charge >= 0.3 is 18.1 Å². The monoisotopic (exact) mass is 331 g/mol. The van der Waals surface area contributed by atoms with Crippen molar-refractivity contribution in [2.45, 2.75) is 6.18 Å². The minimum absolute atomic E-state index is 0.0154. The smallest absolute Gasteiger partial charge is 0.468 e. The number of hydrogen-bond acceptors (Lipinski definition) is 6. The second-order valence-corrected chi connectivity index (χ2v) is 4.51. The molecule has 23 heavy (non-hydrogen) atoms. The first-order valence-electron chi connectivity index (χ1n) is 6.23. The summed E-state index contributed by atoms with van der Waals surface area (Å²) in [6.07, 6.45) is -3.59. The van der Waals surface area contributed by atoms with Crippen molar-refractivity contribution in [3.05, 3.63) is 18.3 Å². The summed E-state index contributed by atoms with van der Waals surface area (Å²) in [5.41, 5.74) is 0.778. The van der Waals surface area contributed by atoms with Gasteiger partial charge in [0.15, 0.2) is 5.65 Å². The minimum Gasteiger partial charge on any atom is -0.468 e. The molecule has 1 N–H and O–H groups in total. The van der Waals surface area contributed by atoms with Gasteiger partial charge in [0.1, 0.15) is 6.54 Å². The van der Waals surface area contributed by atoms with Crippen LogP contribution in [0.2, 0.25) is 0 Å². The standard InChI is InChI=1S/C12H12F3N5O3/c1-19(6-9(21)23-2)7-3-4-20-8(5-7)16-11(18-20)17-10(22)12(13,14)15/h3-5H,6H2,1-2H3,(H,17,18,22). The summed E-state index contributed by atoms with van der Waals surface area (Å²) in [7, 11) is 2.89. The molecule has 124 valence electrons. The molecule has 0 aromatic carbocycles. The molecule has 1 amide bonds. The molecule has 2 aromatic rings. The molecular formula is C12H12F3N5O3.